The molecule has 1 saturated carbocycles. The Balaban J connectivity index is 2.06. The second kappa shape index (κ2) is 7.85. The zero-order valence-corrected chi connectivity index (χ0v) is 16.3. The van der Waals surface area contributed by atoms with Gasteiger partial charge in [-0.2, -0.15) is 0 Å². The molecule has 0 aliphatic heterocycles. The number of H-pyrrole nitrogens is 1. The van der Waals surface area contributed by atoms with E-state index in [1.165, 1.54) is 18.2 Å². The van der Waals surface area contributed by atoms with Gasteiger partial charge in [-0.1, -0.05) is 43.5 Å². The molecule has 0 unspecified atom stereocenters. The van der Waals surface area contributed by atoms with Gasteiger partial charge in [-0.3, -0.25) is 9.59 Å². The third-order valence-electron chi connectivity index (χ3n) is 5.53. The summed E-state index contributed by atoms with van der Waals surface area (Å²) in [5.74, 6) is -0.428. The lowest BCUT2D eigenvalue weighted by atomic mass is 9.65. The molecule has 1 heterocycles. The van der Waals surface area contributed by atoms with Gasteiger partial charge in [0.25, 0.3) is 5.91 Å². The summed E-state index contributed by atoms with van der Waals surface area (Å²) >= 11 is 6.19. The number of benzene rings is 1. The zero-order chi connectivity index (χ0) is 19.6. The molecular weight excluding hydrogens is 367 g/mol. The highest BCUT2D eigenvalue weighted by Gasteiger charge is 2.44. The van der Waals surface area contributed by atoms with Crippen LogP contribution < -0.4 is 10.9 Å². The molecule has 1 aliphatic carbocycles. The van der Waals surface area contributed by atoms with Gasteiger partial charge in [0.2, 0.25) is 5.56 Å². The lowest BCUT2D eigenvalue weighted by molar-refractivity contribution is 0.0720. The number of hydrogen-bond acceptors (Lipinski definition) is 2. The summed E-state index contributed by atoms with van der Waals surface area (Å²) in [6.45, 7) is 3.70. The number of pyridine rings is 1. The van der Waals surface area contributed by atoms with Gasteiger partial charge >= 0.3 is 0 Å². The van der Waals surface area contributed by atoms with Gasteiger partial charge < -0.3 is 10.3 Å². The van der Waals surface area contributed by atoms with Gasteiger partial charge in [-0.15, -0.1) is 0 Å². The van der Waals surface area contributed by atoms with Crippen LogP contribution in [0.2, 0.25) is 5.02 Å². The van der Waals surface area contributed by atoms with E-state index in [2.05, 4.69) is 17.2 Å². The lowest BCUT2D eigenvalue weighted by Gasteiger charge is -2.46. The normalized spacial score (nSPS) is 16.4. The Labute approximate surface area is 163 Å². The minimum absolute atomic E-state index is 0.118. The van der Waals surface area contributed by atoms with Crippen molar-refractivity contribution in [3.63, 3.8) is 0 Å². The van der Waals surface area contributed by atoms with E-state index in [0.717, 1.165) is 31.2 Å². The van der Waals surface area contributed by atoms with Gasteiger partial charge in [0.05, 0.1) is 16.1 Å². The van der Waals surface area contributed by atoms with Gasteiger partial charge in [-0.25, -0.2) is 4.39 Å². The number of aryl methyl sites for hydroxylation is 1. The molecule has 144 valence electrons. The van der Waals surface area contributed by atoms with Crippen molar-refractivity contribution in [1.82, 2.24) is 10.3 Å². The number of halogens is 2. The maximum Gasteiger partial charge on any atom is 0.255 e. The fourth-order valence-electron chi connectivity index (χ4n) is 4.08. The van der Waals surface area contributed by atoms with E-state index < -0.39 is 5.54 Å². The van der Waals surface area contributed by atoms with Crippen LogP contribution in [0.15, 0.2) is 35.1 Å². The summed E-state index contributed by atoms with van der Waals surface area (Å²) in [6.07, 6.45) is 4.60. The summed E-state index contributed by atoms with van der Waals surface area (Å²) < 4.78 is 14.0. The fourth-order valence-corrected chi connectivity index (χ4v) is 4.40. The Bertz CT molecular complexity index is 881. The SMILES string of the molecule is CCC[C@@](NC(=O)c1c(Cl)cc(=O)[nH]c1C)(c1cccc(F)c1)C1CCC1. The molecule has 1 aromatic heterocycles. The second-order valence-electron chi connectivity index (χ2n) is 7.30. The average Bonchev–Trinajstić information content (AvgIpc) is 2.52. The number of aromatic nitrogens is 1. The number of carbonyl (C=O) groups excluding carboxylic acids is 1. The average molecular weight is 391 g/mol. The Hall–Kier alpha value is -2.14. The molecule has 1 fully saturated rings. The summed E-state index contributed by atoms with van der Waals surface area (Å²) in [5, 5.41) is 3.30. The van der Waals surface area contributed by atoms with Crippen LogP contribution in [0.1, 0.15) is 60.6 Å². The molecule has 3 rings (SSSR count). The molecule has 0 bridgehead atoms. The molecule has 2 aromatic rings. The van der Waals surface area contributed by atoms with Gasteiger partial charge in [0.15, 0.2) is 0 Å². The summed E-state index contributed by atoms with van der Waals surface area (Å²) in [7, 11) is 0. The van der Waals surface area contributed by atoms with Crippen LogP contribution in [-0.4, -0.2) is 10.9 Å². The number of rotatable bonds is 6. The standard InChI is InChI=1S/C21H24ClFN2O2/c1-3-10-21(14-6-4-7-14,15-8-5-9-16(23)11-15)25-20(27)19-13(2)24-18(26)12-17(19)22/h5,8-9,11-12,14H,3-4,6-7,10H2,1-2H3,(H,24,26)(H,25,27)/t21-/m0/s1. The molecule has 1 aliphatic rings. The first-order valence-electron chi connectivity index (χ1n) is 9.35. The maximum absolute atomic E-state index is 14.0. The zero-order valence-electron chi connectivity index (χ0n) is 15.6. The van der Waals surface area contributed by atoms with Crippen molar-refractivity contribution >= 4 is 17.5 Å². The number of nitrogens with one attached hydrogen (secondary N) is 2. The molecule has 1 atom stereocenters. The van der Waals surface area contributed by atoms with Crippen molar-refractivity contribution in [3.8, 4) is 0 Å². The first-order chi connectivity index (χ1) is 12.9. The number of amides is 1. The van der Waals surface area contributed by atoms with E-state index in [0.29, 0.717) is 12.1 Å². The van der Waals surface area contributed by atoms with Crippen LogP contribution in [0.3, 0.4) is 0 Å². The second-order valence-corrected chi connectivity index (χ2v) is 7.70. The van der Waals surface area contributed by atoms with Crippen molar-refractivity contribution in [2.75, 3.05) is 0 Å². The van der Waals surface area contributed by atoms with Crippen LogP contribution >= 0.6 is 11.6 Å². The molecule has 1 aromatic carbocycles. The molecule has 1 amide bonds. The number of hydrogen-bond donors (Lipinski definition) is 2. The van der Waals surface area contributed by atoms with E-state index in [-0.39, 0.29) is 33.8 Å². The number of carbonyl (C=O) groups is 1. The van der Waals surface area contributed by atoms with E-state index in [4.69, 9.17) is 11.6 Å². The summed E-state index contributed by atoms with van der Waals surface area (Å²) in [6, 6.07) is 7.68. The minimum atomic E-state index is -0.655. The first-order valence-corrected chi connectivity index (χ1v) is 9.73. The molecule has 4 nitrogen and oxygen atoms in total. The van der Waals surface area contributed by atoms with Crippen LogP contribution in [0.5, 0.6) is 0 Å². The topological polar surface area (TPSA) is 62.0 Å². The molecule has 27 heavy (non-hydrogen) atoms. The highest BCUT2D eigenvalue weighted by molar-refractivity contribution is 6.34. The third kappa shape index (κ3) is 3.79. The first kappa shape index (κ1) is 19.6. The van der Waals surface area contributed by atoms with Crippen LogP contribution in [0, 0.1) is 18.7 Å². The molecule has 6 heteroatoms. The Morgan fingerprint density at radius 1 is 1.37 bits per heavy atom. The smallest absolute Gasteiger partial charge is 0.255 e. The largest absolute Gasteiger partial charge is 0.342 e. The van der Waals surface area contributed by atoms with Gasteiger partial charge in [-0.05, 0) is 49.8 Å². The highest BCUT2D eigenvalue weighted by Crippen LogP contribution is 2.45. The third-order valence-corrected chi connectivity index (χ3v) is 5.83. The van der Waals surface area contributed by atoms with Gasteiger partial charge in [0, 0.05) is 11.8 Å². The van der Waals surface area contributed by atoms with Crippen molar-refractivity contribution in [2.24, 2.45) is 5.92 Å². The van der Waals surface area contributed by atoms with Crippen LogP contribution in [0.4, 0.5) is 4.39 Å². The predicted molar refractivity (Wildman–Crippen MR) is 105 cm³/mol. The molecular formula is C21H24ClFN2O2. The number of aromatic amines is 1. The van der Waals surface area contributed by atoms with Crippen molar-refractivity contribution < 1.29 is 9.18 Å². The molecule has 0 spiro atoms. The lowest BCUT2D eigenvalue weighted by Crippen LogP contribution is -2.53. The molecule has 2 N–H and O–H groups in total. The summed E-state index contributed by atoms with van der Waals surface area (Å²) in [4.78, 5) is 27.4. The van der Waals surface area contributed by atoms with Gasteiger partial charge in [0.1, 0.15) is 5.82 Å². The minimum Gasteiger partial charge on any atom is -0.342 e. The van der Waals surface area contributed by atoms with E-state index in [1.807, 2.05) is 6.07 Å². The van der Waals surface area contributed by atoms with Crippen molar-refractivity contribution in [1.29, 1.82) is 0 Å². The highest BCUT2D eigenvalue weighted by atomic mass is 35.5. The molecule has 0 saturated heterocycles. The van der Waals surface area contributed by atoms with Crippen molar-refractivity contribution in [2.45, 2.75) is 51.5 Å². The quantitative estimate of drug-likeness (QED) is 0.750. The van der Waals surface area contributed by atoms with E-state index in [9.17, 15) is 14.0 Å². The Morgan fingerprint density at radius 2 is 2.11 bits per heavy atom. The van der Waals surface area contributed by atoms with Crippen LogP contribution in [-0.2, 0) is 5.54 Å². The van der Waals surface area contributed by atoms with E-state index in [1.54, 1.807) is 13.0 Å². The maximum atomic E-state index is 14.0. The summed E-state index contributed by atoms with van der Waals surface area (Å²) in [5.41, 5.74) is 0.451. The van der Waals surface area contributed by atoms with Crippen molar-refractivity contribution in [3.05, 3.63) is 68.3 Å². The van der Waals surface area contributed by atoms with Crippen LogP contribution in [0.25, 0.3) is 0 Å². The van der Waals surface area contributed by atoms with E-state index >= 15 is 0 Å². The Kier molecular flexibility index (Phi) is 5.70. The Morgan fingerprint density at radius 3 is 2.67 bits per heavy atom. The monoisotopic (exact) mass is 390 g/mol. The molecule has 0 radical (unpaired) electrons. The predicted octanol–water partition coefficient (Wildman–Crippen LogP) is 4.70. The fraction of sp³-hybridized carbons (Fsp3) is 0.429.